The number of rotatable bonds is 2. The average molecular weight is 303 g/mol. The minimum Gasteiger partial charge on any atom is -0.381 e. The van der Waals surface area contributed by atoms with Crippen molar-refractivity contribution in [2.75, 3.05) is 7.11 Å². The van der Waals surface area contributed by atoms with Crippen LogP contribution in [-0.2, 0) is 9.53 Å². The van der Waals surface area contributed by atoms with Gasteiger partial charge in [-0.2, -0.15) is 0 Å². The van der Waals surface area contributed by atoms with Gasteiger partial charge in [0.25, 0.3) is 0 Å². The summed E-state index contributed by atoms with van der Waals surface area (Å²) in [5, 5.41) is 13.7. The lowest BCUT2D eigenvalue weighted by Gasteiger charge is -2.35. The molecule has 1 aliphatic heterocycles. The van der Waals surface area contributed by atoms with Crippen LogP contribution < -0.4 is 5.32 Å². The number of benzene rings is 1. The maximum absolute atomic E-state index is 13.1. The first-order valence-corrected chi connectivity index (χ1v) is 8.07. The van der Waals surface area contributed by atoms with Crippen LogP contribution in [0.3, 0.4) is 0 Å². The summed E-state index contributed by atoms with van der Waals surface area (Å²) in [6.45, 7) is 4.02. The third-order valence-corrected chi connectivity index (χ3v) is 5.38. The number of methoxy groups -OCH3 is 1. The van der Waals surface area contributed by atoms with Gasteiger partial charge in [-0.05, 0) is 50.7 Å². The third-order valence-electron chi connectivity index (χ3n) is 5.38. The number of hydrogen-bond acceptors (Lipinski definition) is 4. The van der Waals surface area contributed by atoms with Crippen LogP contribution in [0, 0.1) is 13.8 Å². The molecule has 120 valence electrons. The zero-order chi connectivity index (χ0) is 15.9. The topological polar surface area (TPSA) is 58.6 Å². The summed E-state index contributed by atoms with van der Waals surface area (Å²) in [5.74, 6) is -0.317. The van der Waals surface area contributed by atoms with Crippen LogP contribution in [0.25, 0.3) is 0 Å². The largest absolute Gasteiger partial charge is 0.381 e. The molecule has 22 heavy (non-hydrogen) atoms. The minimum atomic E-state index is -0.799. The van der Waals surface area contributed by atoms with Crippen molar-refractivity contribution in [1.29, 1.82) is 0 Å². The Bertz CT molecular complexity index is 576. The molecule has 4 nitrogen and oxygen atoms in total. The number of Topliss-reactive ketones (excluding diaryl/α,β-unsaturated/α-hetero) is 1. The molecule has 0 radical (unpaired) electrons. The van der Waals surface area contributed by atoms with Gasteiger partial charge in [-0.3, -0.25) is 10.1 Å². The Morgan fingerprint density at radius 1 is 1.27 bits per heavy atom. The molecular weight excluding hydrogens is 278 g/mol. The number of nitrogens with one attached hydrogen (secondary N) is 1. The lowest BCUT2D eigenvalue weighted by atomic mass is 9.75. The molecule has 2 aliphatic rings. The number of carbonyl (C=O) groups excluding carboxylic acids is 1. The fourth-order valence-corrected chi connectivity index (χ4v) is 4.00. The minimum absolute atomic E-state index is 0.142. The Morgan fingerprint density at radius 3 is 2.59 bits per heavy atom. The van der Waals surface area contributed by atoms with Gasteiger partial charge in [0.05, 0.1) is 17.6 Å². The Balaban J connectivity index is 1.89. The normalized spacial score (nSPS) is 35.3. The van der Waals surface area contributed by atoms with Crippen molar-refractivity contribution < 1.29 is 14.6 Å². The number of carbonyl (C=O) groups is 1. The van der Waals surface area contributed by atoms with Gasteiger partial charge in [0.15, 0.2) is 5.78 Å². The highest BCUT2D eigenvalue weighted by molar-refractivity contribution is 5.97. The van der Waals surface area contributed by atoms with Gasteiger partial charge in [0, 0.05) is 7.11 Å². The molecule has 0 bridgehead atoms. The van der Waals surface area contributed by atoms with Crippen molar-refractivity contribution in [3.05, 3.63) is 34.9 Å². The molecule has 2 fully saturated rings. The number of aliphatic hydroxyl groups excluding tert-OH is 1. The van der Waals surface area contributed by atoms with Crippen LogP contribution in [0.15, 0.2) is 18.2 Å². The van der Waals surface area contributed by atoms with E-state index in [1.165, 1.54) is 0 Å². The Labute approximate surface area is 131 Å². The maximum atomic E-state index is 13.1. The number of aliphatic hydroxyl groups is 1. The number of aryl methyl sites for hydroxylation is 2. The van der Waals surface area contributed by atoms with Gasteiger partial charge in [0.1, 0.15) is 6.23 Å². The standard InChI is InChI=1S/C18H25NO3/c1-11-4-5-12(2)14(10-11)15-16(20)18(19-17(15)21)8-6-13(22-3)7-9-18/h4-5,10,13,15,17,19,21H,6-9H2,1-3H3. The van der Waals surface area contributed by atoms with Crippen LogP contribution in [0.2, 0.25) is 0 Å². The van der Waals surface area contributed by atoms with Crippen LogP contribution in [-0.4, -0.2) is 35.9 Å². The second kappa shape index (κ2) is 5.76. The smallest absolute Gasteiger partial charge is 0.164 e. The van der Waals surface area contributed by atoms with E-state index in [-0.39, 0.29) is 11.9 Å². The zero-order valence-corrected chi connectivity index (χ0v) is 13.6. The van der Waals surface area contributed by atoms with Crippen molar-refractivity contribution in [2.45, 2.75) is 63.3 Å². The van der Waals surface area contributed by atoms with E-state index in [2.05, 4.69) is 5.32 Å². The first-order valence-electron chi connectivity index (χ1n) is 8.07. The molecule has 2 atom stereocenters. The first-order chi connectivity index (χ1) is 10.5. The van der Waals surface area contributed by atoms with Gasteiger partial charge in [-0.1, -0.05) is 23.8 Å². The van der Waals surface area contributed by atoms with E-state index in [1.54, 1.807) is 7.11 Å². The van der Waals surface area contributed by atoms with E-state index in [1.807, 2.05) is 32.0 Å². The Hall–Kier alpha value is -1.23. The molecule has 3 rings (SSSR count). The summed E-state index contributed by atoms with van der Waals surface area (Å²) in [7, 11) is 1.72. The van der Waals surface area contributed by atoms with Crippen LogP contribution in [0.5, 0.6) is 0 Å². The van der Waals surface area contributed by atoms with Gasteiger partial charge in [0.2, 0.25) is 0 Å². The second-order valence-electron chi connectivity index (χ2n) is 6.81. The molecule has 1 saturated heterocycles. The SMILES string of the molecule is COC1CCC2(CC1)NC(O)C(c1cc(C)ccc1C)C2=O. The molecule has 1 aliphatic carbocycles. The number of ketones is 1. The second-order valence-corrected chi connectivity index (χ2v) is 6.81. The van der Waals surface area contributed by atoms with Crippen LogP contribution in [0.1, 0.15) is 48.3 Å². The van der Waals surface area contributed by atoms with Gasteiger partial charge in [-0.25, -0.2) is 0 Å². The molecule has 1 spiro atoms. The molecule has 0 amide bonds. The summed E-state index contributed by atoms with van der Waals surface area (Å²) < 4.78 is 5.40. The molecule has 2 unspecified atom stereocenters. The molecule has 0 aromatic heterocycles. The van der Waals surface area contributed by atoms with Crippen molar-refractivity contribution in [2.24, 2.45) is 0 Å². The van der Waals surface area contributed by atoms with E-state index in [0.717, 1.165) is 42.4 Å². The maximum Gasteiger partial charge on any atom is 0.164 e. The average Bonchev–Trinajstić information content (AvgIpc) is 2.74. The fraction of sp³-hybridized carbons (Fsp3) is 0.611. The van der Waals surface area contributed by atoms with Crippen LogP contribution >= 0.6 is 0 Å². The molecule has 1 saturated carbocycles. The molecule has 4 heteroatoms. The molecule has 1 aromatic carbocycles. The highest BCUT2D eigenvalue weighted by atomic mass is 16.5. The van der Waals surface area contributed by atoms with E-state index in [9.17, 15) is 9.90 Å². The third kappa shape index (κ3) is 2.49. The van der Waals surface area contributed by atoms with Gasteiger partial charge < -0.3 is 9.84 Å². The number of hydrogen-bond donors (Lipinski definition) is 2. The Morgan fingerprint density at radius 2 is 1.95 bits per heavy atom. The molecular formula is C18H25NO3. The molecule has 1 heterocycles. The highest BCUT2D eigenvalue weighted by Crippen LogP contribution is 2.42. The molecule has 2 N–H and O–H groups in total. The van der Waals surface area contributed by atoms with Crippen molar-refractivity contribution in [3.8, 4) is 0 Å². The highest BCUT2D eigenvalue weighted by Gasteiger charge is 2.53. The quantitative estimate of drug-likeness (QED) is 0.879. The van der Waals surface area contributed by atoms with Gasteiger partial charge in [-0.15, -0.1) is 0 Å². The van der Waals surface area contributed by atoms with Crippen molar-refractivity contribution in [1.82, 2.24) is 5.32 Å². The van der Waals surface area contributed by atoms with Crippen molar-refractivity contribution in [3.63, 3.8) is 0 Å². The predicted octanol–water partition coefficient (Wildman–Crippen LogP) is 2.21. The summed E-state index contributed by atoms with van der Waals surface area (Å²) in [6, 6.07) is 6.09. The van der Waals surface area contributed by atoms with E-state index in [4.69, 9.17) is 4.74 Å². The summed E-state index contributed by atoms with van der Waals surface area (Å²) >= 11 is 0. The fourth-order valence-electron chi connectivity index (χ4n) is 4.00. The Kier molecular flexibility index (Phi) is 4.10. The zero-order valence-electron chi connectivity index (χ0n) is 13.6. The van der Waals surface area contributed by atoms with E-state index in [0.29, 0.717) is 0 Å². The predicted molar refractivity (Wildman–Crippen MR) is 84.8 cm³/mol. The summed E-state index contributed by atoms with van der Waals surface area (Å²) in [4.78, 5) is 13.1. The summed E-state index contributed by atoms with van der Waals surface area (Å²) in [5.41, 5.74) is 2.56. The van der Waals surface area contributed by atoms with E-state index >= 15 is 0 Å². The molecule has 1 aromatic rings. The monoisotopic (exact) mass is 303 g/mol. The first kappa shape index (κ1) is 15.7. The summed E-state index contributed by atoms with van der Waals surface area (Å²) in [6.07, 6.45) is 2.64. The van der Waals surface area contributed by atoms with E-state index < -0.39 is 17.7 Å². The number of ether oxygens (including phenoxy) is 1. The van der Waals surface area contributed by atoms with Crippen molar-refractivity contribution >= 4 is 5.78 Å². The lowest BCUT2D eigenvalue weighted by Crippen LogP contribution is -2.50. The lowest BCUT2D eigenvalue weighted by molar-refractivity contribution is -0.125. The van der Waals surface area contributed by atoms with Gasteiger partial charge >= 0.3 is 0 Å². The van der Waals surface area contributed by atoms with Crippen LogP contribution in [0.4, 0.5) is 0 Å².